The summed E-state index contributed by atoms with van der Waals surface area (Å²) in [4.78, 5) is 14.2. The van der Waals surface area contributed by atoms with Gasteiger partial charge in [-0.3, -0.25) is 9.69 Å². The number of benzene rings is 1. The van der Waals surface area contributed by atoms with Gasteiger partial charge in [0.2, 0.25) is 5.91 Å². The highest BCUT2D eigenvalue weighted by Gasteiger charge is 2.10. The van der Waals surface area contributed by atoms with Crippen LogP contribution in [-0.2, 0) is 11.3 Å². The Labute approximate surface area is 134 Å². The summed E-state index contributed by atoms with van der Waals surface area (Å²) in [6, 6.07) is 10.3. The Morgan fingerprint density at radius 2 is 2.05 bits per heavy atom. The topological polar surface area (TPSA) is 32.3 Å². The predicted molar refractivity (Wildman–Crippen MR) is 91.6 cm³/mol. The lowest BCUT2D eigenvalue weighted by Crippen LogP contribution is -2.37. The quantitative estimate of drug-likeness (QED) is 0.745. The Bertz CT molecular complexity index is 481. The zero-order valence-electron chi connectivity index (χ0n) is 13.7. The van der Waals surface area contributed by atoms with E-state index in [-0.39, 0.29) is 5.91 Å². The minimum absolute atomic E-state index is 0.134. The first kappa shape index (κ1) is 16.8. The van der Waals surface area contributed by atoms with Crippen LogP contribution in [0.3, 0.4) is 0 Å². The van der Waals surface area contributed by atoms with Crippen LogP contribution in [-0.4, -0.2) is 30.4 Å². The second-order valence-electron chi connectivity index (χ2n) is 6.00. The molecule has 1 aromatic carbocycles. The minimum atomic E-state index is 0.134. The average molecular weight is 300 g/mol. The highest BCUT2D eigenvalue weighted by atomic mass is 16.2. The van der Waals surface area contributed by atoms with E-state index in [1.54, 1.807) is 0 Å². The van der Waals surface area contributed by atoms with Crippen molar-refractivity contribution in [2.45, 2.75) is 45.6 Å². The third kappa shape index (κ3) is 6.02. The van der Waals surface area contributed by atoms with Crippen molar-refractivity contribution in [1.29, 1.82) is 0 Å². The second-order valence-corrected chi connectivity index (χ2v) is 6.00. The Morgan fingerprint density at radius 1 is 1.23 bits per heavy atom. The fourth-order valence-electron chi connectivity index (χ4n) is 2.87. The van der Waals surface area contributed by atoms with Gasteiger partial charge in [0.1, 0.15) is 0 Å². The lowest BCUT2D eigenvalue weighted by atomic mass is 9.97. The van der Waals surface area contributed by atoms with Crippen LogP contribution in [0.15, 0.2) is 42.0 Å². The molecule has 1 amide bonds. The molecule has 1 aliphatic rings. The summed E-state index contributed by atoms with van der Waals surface area (Å²) in [5.74, 6) is 0.134. The van der Waals surface area contributed by atoms with Crippen LogP contribution in [0, 0.1) is 0 Å². The standard InChI is InChI=1S/C19H28N2O/c1-2-21(15-18-11-7-4-8-12-18)16-19(22)20-14-13-17-9-5-3-6-10-17/h4,7-9,11-12H,2-3,5-6,10,13-16H2,1H3,(H,20,22). The number of nitrogens with one attached hydrogen (secondary N) is 1. The molecular weight excluding hydrogens is 272 g/mol. The lowest BCUT2D eigenvalue weighted by Gasteiger charge is -2.20. The molecular formula is C19H28N2O. The molecule has 0 saturated carbocycles. The van der Waals surface area contributed by atoms with E-state index in [4.69, 9.17) is 0 Å². The van der Waals surface area contributed by atoms with Crippen molar-refractivity contribution in [2.75, 3.05) is 19.6 Å². The summed E-state index contributed by atoms with van der Waals surface area (Å²) >= 11 is 0. The number of allylic oxidation sites excluding steroid dienone is 1. The molecule has 3 heteroatoms. The van der Waals surface area contributed by atoms with Crippen molar-refractivity contribution in [3.63, 3.8) is 0 Å². The summed E-state index contributed by atoms with van der Waals surface area (Å²) in [5, 5.41) is 3.06. The molecule has 1 aromatic rings. The van der Waals surface area contributed by atoms with E-state index >= 15 is 0 Å². The Morgan fingerprint density at radius 3 is 2.73 bits per heavy atom. The Hall–Kier alpha value is -1.61. The van der Waals surface area contributed by atoms with Gasteiger partial charge in [0.05, 0.1) is 6.54 Å². The first-order valence-corrected chi connectivity index (χ1v) is 8.49. The largest absolute Gasteiger partial charge is 0.355 e. The van der Waals surface area contributed by atoms with Crippen LogP contribution in [0.4, 0.5) is 0 Å². The third-order valence-corrected chi connectivity index (χ3v) is 4.22. The SMILES string of the molecule is CCN(CC(=O)NCCC1=CCCCC1)Cc1ccccc1. The predicted octanol–water partition coefficient (Wildman–Crippen LogP) is 3.52. The van der Waals surface area contributed by atoms with Gasteiger partial charge in [-0.25, -0.2) is 0 Å². The molecule has 0 atom stereocenters. The molecule has 0 saturated heterocycles. The number of rotatable bonds is 8. The second kappa shape index (κ2) is 9.42. The lowest BCUT2D eigenvalue weighted by molar-refractivity contribution is -0.122. The molecule has 22 heavy (non-hydrogen) atoms. The zero-order valence-corrected chi connectivity index (χ0v) is 13.7. The molecule has 0 aliphatic heterocycles. The molecule has 120 valence electrons. The van der Waals surface area contributed by atoms with Crippen LogP contribution in [0.25, 0.3) is 0 Å². The van der Waals surface area contributed by atoms with E-state index < -0.39 is 0 Å². The number of nitrogens with zero attached hydrogens (tertiary/aromatic N) is 1. The van der Waals surface area contributed by atoms with E-state index in [1.807, 2.05) is 18.2 Å². The van der Waals surface area contributed by atoms with Crippen molar-refractivity contribution in [2.24, 2.45) is 0 Å². The van der Waals surface area contributed by atoms with Gasteiger partial charge in [0, 0.05) is 13.1 Å². The van der Waals surface area contributed by atoms with Crippen LogP contribution in [0.2, 0.25) is 0 Å². The van der Waals surface area contributed by atoms with Crippen LogP contribution >= 0.6 is 0 Å². The van der Waals surface area contributed by atoms with Crippen molar-refractivity contribution >= 4 is 5.91 Å². The number of carbonyl (C=O) groups excluding carboxylic acids is 1. The van der Waals surface area contributed by atoms with Crippen molar-refractivity contribution in [3.8, 4) is 0 Å². The summed E-state index contributed by atoms with van der Waals surface area (Å²) in [6.45, 7) is 5.06. The maximum atomic E-state index is 12.1. The summed E-state index contributed by atoms with van der Waals surface area (Å²) in [6.07, 6.45) is 8.41. The molecule has 3 nitrogen and oxygen atoms in total. The van der Waals surface area contributed by atoms with Gasteiger partial charge in [-0.05, 0) is 44.2 Å². The van der Waals surface area contributed by atoms with Crippen LogP contribution < -0.4 is 5.32 Å². The van der Waals surface area contributed by atoms with Gasteiger partial charge in [0.25, 0.3) is 0 Å². The van der Waals surface area contributed by atoms with Crippen molar-refractivity contribution < 1.29 is 4.79 Å². The number of likely N-dealkylation sites (N-methyl/N-ethyl adjacent to an activating group) is 1. The van der Waals surface area contributed by atoms with E-state index in [2.05, 4.69) is 35.3 Å². The minimum Gasteiger partial charge on any atom is -0.355 e. The monoisotopic (exact) mass is 300 g/mol. The fourth-order valence-corrected chi connectivity index (χ4v) is 2.87. The summed E-state index contributed by atoms with van der Waals surface area (Å²) in [5.41, 5.74) is 2.77. The first-order chi connectivity index (χ1) is 10.8. The number of amides is 1. The van der Waals surface area contributed by atoms with Gasteiger partial charge >= 0.3 is 0 Å². The van der Waals surface area contributed by atoms with Crippen LogP contribution in [0.5, 0.6) is 0 Å². The number of hydrogen-bond acceptors (Lipinski definition) is 2. The molecule has 0 aromatic heterocycles. The Balaban J connectivity index is 1.69. The molecule has 0 unspecified atom stereocenters. The summed E-state index contributed by atoms with van der Waals surface area (Å²) in [7, 11) is 0. The molecule has 1 aliphatic carbocycles. The molecule has 1 N–H and O–H groups in total. The molecule has 0 heterocycles. The highest BCUT2D eigenvalue weighted by Crippen LogP contribution is 2.19. The fraction of sp³-hybridized carbons (Fsp3) is 0.526. The number of hydrogen-bond donors (Lipinski definition) is 1. The maximum Gasteiger partial charge on any atom is 0.234 e. The van der Waals surface area contributed by atoms with Gasteiger partial charge in [0.15, 0.2) is 0 Å². The van der Waals surface area contributed by atoms with Gasteiger partial charge in [-0.2, -0.15) is 0 Å². The molecule has 0 radical (unpaired) electrons. The van der Waals surface area contributed by atoms with Gasteiger partial charge < -0.3 is 5.32 Å². The van der Waals surface area contributed by atoms with E-state index in [1.165, 1.54) is 36.8 Å². The smallest absolute Gasteiger partial charge is 0.234 e. The summed E-state index contributed by atoms with van der Waals surface area (Å²) < 4.78 is 0. The number of carbonyl (C=O) groups is 1. The van der Waals surface area contributed by atoms with E-state index in [0.717, 1.165) is 26.1 Å². The van der Waals surface area contributed by atoms with Crippen molar-refractivity contribution in [1.82, 2.24) is 10.2 Å². The van der Waals surface area contributed by atoms with Gasteiger partial charge in [-0.1, -0.05) is 48.9 Å². The zero-order chi connectivity index (χ0) is 15.6. The van der Waals surface area contributed by atoms with E-state index in [9.17, 15) is 4.79 Å². The normalized spacial score (nSPS) is 14.7. The molecule has 0 fully saturated rings. The van der Waals surface area contributed by atoms with Gasteiger partial charge in [-0.15, -0.1) is 0 Å². The molecule has 2 rings (SSSR count). The van der Waals surface area contributed by atoms with Crippen molar-refractivity contribution in [3.05, 3.63) is 47.5 Å². The average Bonchev–Trinajstić information content (AvgIpc) is 2.56. The van der Waals surface area contributed by atoms with Crippen LogP contribution in [0.1, 0.15) is 44.6 Å². The maximum absolute atomic E-state index is 12.1. The molecule has 0 spiro atoms. The third-order valence-electron chi connectivity index (χ3n) is 4.22. The van der Waals surface area contributed by atoms with E-state index in [0.29, 0.717) is 6.54 Å². The first-order valence-electron chi connectivity index (χ1n) is 8.49. The molecule has 0 bridgehead atoms. The Kier molecular flexibility index (Phi) is 7.17. The highest BCUT2D eigenvalue weighted by molar-refractivity contribution is 5.78.